The largest absolute Gasteiger partial charge is 0.325 e. The molecule has 0 fully saturated rings. The normalized spacial score (nSPS) is 11.0. The van der Waals surface area contributed by atoms with Gasteiger partial charge in [0.25, 0.3) is 0 Å². The summed E-state index contributed by atoms with van der Waals surface area (Å²) in [5.41, 5.74) is 8.45. The van der Waals surface area contributed by atoms with Crippen molar-refractivity contribution in [1.82, 2.24) is 14.4 Å². The van der Waals surface area contributed by atoms with Gasteiger partial charge < -0.3 is 5.73 Å². The average molecular weight is 241 g/mol. The standard InChI is InChI=1S/C8H9BrN4/c1-5-6(4-10)13-7(12-5)2-3-11-8(13)9/h2-3H,4,10H2,1H3. The molecule has 0 saturated carbocycles. The Balaban J connectivity index is 2.88. The summed E-state index contributed by atoms with van der Waals surface area (Å²) in [6.07, 6.45) is 1.71. The van der Waals surface area contributed by atoms with Crippen LogP contribution in [0.4, 0.5) is 0 Å². The maximum absolute atomic E-state index is 5.62. The summed E-state index contributed by atoms with van der Waals surface area (Å²) in [6, 6.07) is 1.86. The van der Waals surface area contributed by atoms with Crippen LogP contribution >= 0.6 is 15.9 Å². The van der Waals surface area contributed by atoms with E-state index in [0.717, 1.165) is 21.8 Å². The lowest BCUT2D eigenvalue weighted by atomic mass is 10.3. The fourth-order valence-corrected chi connectivity index (χ4v) is 1.88. The molecule has 0 aliphatic carbocycles. The van der Waals surface area contributed by atoms with Crippen molar-refractivity contribution in [3.05, 3.63) is 28.4 Å². The highest BCUT2D eigenvalue weighted by Crippen LogP contribution is 2.15. The van der Waals surface area contributed by atoms with Crippen LogP contribution in [0, 0.1) is 6.92 Å². The Kier molecular flexibility index (Phi) is 2.05. The van der Waals surface area contributed by atoms with E-state index in [-0.39, 0.29) is 0 Å². The molecule has 2 aromatic rings. The highest BCUT2D eigenvalue weighted by Gasteiger charge is 2.08. The Morgan fingerprint density at radius 2 is 2.38 bits per heavy atom. The summed E-state index contributed by atoms with van der Waals surface area (Å²) >= 11 is 3.36. The SMILES string of the molecule is Cc1nc2ccnc(Br)n2c1CN. The van der Waals surface area contributed by atoms with Crippen molar-refractivity contribution in [3.8, 4) is 0 Å². The Bertz CT molecular complexity index is 449. The first-order valence-corrected chi connectivity index (χ1v) is 4.72. The molecule has 0 radical (unpaired) electrons. The number of aryl methyl sites for hydroxylation is 1. The summed E-state index contributed by atoms with van der Waals surface area (Å²) in [7, 11) is 0. The average Bonchev–Trinajstić information content (AvgIpc) is 2.42. The van der Waals surface area contributed by atoms with Crippen LogP contribution in [0.5, 0.6) is 0 Å². The molecule has 0 spiro atoms. The van der Waals surface area contributed by atoms with Gasteiger partial charge in [0, 0.05) is 12.7 Å². The maximum atomic E-state index is 5.62. The molecule has 4 nitrogen and oxygen atoms in total. The Morgan fingerprint density at radius 1 is 1.62 bits per heavy atom. The van der Waals surface area contributed by atoms with E-state index in [1.165, 1.54) is 0 Å². The molecule has 2 aromatic heterocycles. The quantitative estimate of drug-likeness (QED) is 0.764. The zero-order chi connectivity index (χ0) is 9.42. The van der Waals surface area contributed by atoms with Gasteiger partial charge in [0.05, 0.1) is 11.4 Å². The van der Waals surface area contributed by atoms with Gasteiger partial charge in [-0.05, 0) is 28.9 Å². The minimum absolute atomic E-state index is 0.470. The van der Waals surface area contributed by atoms with Gasteiger partial charge in [0.1, 0.15) is 5.65 Å². The summed E-state index contributed by atoms with van der Waals surface area (Å²) in [4.78, 5) is 8.47. The van der Waals surface area contributed by atoms with E-state index in [1.807, 2.05) is 17.4 Å². The number of fused-ring (bicyclic) bond motifs is 1. The van der Waals surface area contributed by atoms with Crippen molar-refractivity contribution >= 4 is 21.6 Å². The van der Waals surface area contributed by atoms with Crippen LogP contribution in [0.3, 0.4) is 0 Å². The topological polar surface area (TPSA) is 56.2 Å². The van der Waals surface area contributed by atoms with Crippen molar-refractivity contribution in [2.45, 2.75) is 13.5 Å². The number of nitrogens with zero attached hydrogens (tertiary/aromatic N) is 3. The smallest absolute Gasteiger partial charge is 0.183 e. The minimum atomic E-state index is 0.470. The first-order chi connectivity index (χ1) is 6.24. The highest BCUT2D eigenvalue weighted by atomic mass is 79.9. The molecule has 5 heteroatoms. The van der Waals surface area contributed by atoms with Crippen molar-refractivity contribution in [2.24, 2.45) is 5.73 Å². The van der Waals surface area contributed by atoms with E-state index in [4.69, 9.17) is 5.73 Å². The van der Waals surface area contributed by atoms with Gasteiger partial charge in [-0.1, -0.05) is 0 Å². The molecule has 0 aliphatic heterocycles. The number of nitrogens with two attached hydrogens (primary N) is 1. The molecule has 0 saturated heterocycles. The molecular formula is C8H9BrN4. The number of imidazole rings is 1. The van der Waals surface area contributed by atoms with Gasteiger partial charge in [-0.2, -0.15) is 0 Å². The van der Waals surface area contributed by atoms with Gasteiger partial charge in [0.2, 0.25) is 0 Å². The van der Waals surface area contributed by atoms with Crippen molar-refractivity contribution in [1.29, 1.82) is 0 Å². The van der Waals surface area contributed by atoms with E-state index >= 15 is 0 Å². The summed E-state index contributed by atoms with van der Waals surface area (Å²) in [6.45, 7) is 2.42. The highest BCUT2D eigenvalue weighted by molar-refractivity contribution is 9.10. The molecule has 2 rings (SSSR count). The molecule has 0 aromatic carbocycles. The first-order valence-electron chi connectivity index (χ1n) is 3.92. The lowest BCUT2D eigenvalue weighted by Gasteiger charge is -2.00. The van der Waals surface area contributed by atoms with Crippen LogP contribution < -0.4 is 5.73 Å². The molecule has 0 unspecified atom stereocenters. The fourth-order valence-electron chi connectivity index (χ4n) is 1.37. The Hall–Kier alpha value is -0.940. The van der Waals surface area contributed by atoms with E-state index < -0.39 is 0 Å². The second-order valence-corrected chi connectivity index (χ2v) is 3.46. The van der Waals surface area contributed by atoms with Crippen LogP contribution in [0.25, 0.3) is 5.65 Å². The third-order valence-electron chi connectivity index (χ3n) is 1.98. The molecule has 2 N–H and O–H groups in total. The van der Waals surface area contributed by atoms with Crippen molar-refractivity contribution in [2.75, 3.05) is 0 Å². The number of halogens is 1. The number of hydrogen-bond acceptors (Lipinski definition) is 3. The van der Waals surface area contributed by atoms with Gasteiger partial charge >= 0.3 is 0 Å². The molecule has 0 aliphatic rings. The zero-order valence-electron chi connectivity index (χ0n) is 7.16. The molecule has 0 bridgehead atoms. The van der Waals surface area contributed by atoms with Gasteiger partial charge in [-0.15, -0.1) is 0 Å². The minimum Gasteiger partial charge on any atom is -0.325 e. The number of aromatic nitrogens is 3. The molecule has 0 atom stereocenters. The molecule has 13 heavy (non-hydrogen) atoms. The van der Waals surface area contributed by atoms with Crippen LogP contribution in [-0.2, 0) is 6.54 Å². The van der Waals surface area contributed by atoms with Crippen LogP contribution in [-0.4, -0.2) is 14.4 Å². The molecule has 2 heterocycles. The number of rotatable bonds is 1. The van der Waals surface area contributed by atoms with Crippen LogP contribution in [0.15, 0.2) is 17.0 Å². The number of hydrogen-bond donors (Lipinski definition) is 1. The van der Waals surface area contributed by atoms with Gasteiger partial charge in [0.15, 0.2) is 4.73 Å². The molecular weight excluding hydrogens is 232 g/mol. The van der Waals surface area contributed by atoms with Crippen LogP contribution in [0.1, 0.15) is 11.4 Å². The second-order valence-electron chi connectivity index (χ2n) is 2.76. The summed E-state index contributed by atoms with van der Waals surface area (Å²) in [5, 5.41) is 0. The monoisotopic (exact) mass is 240 g/mol. The van der Waals surface area contributed by atoms with Gasteiger partial charge in [-0.3, -0.25) is 4.40 Å². The Morgan fingerprint density at radius 3 is 3.08 bits per heavy atom. The second kappa shape index (κ2) is 3.08. The van der Waals surface area contributed by atoms with E-state index in [9.17, 15) is 0 Å². The maximum Gasteiger partial charge on any atom is 0.183 e. The molecule has 0 amide bonds. The lowest BCUT2D eigenvalue weighted by molar-refractivity contribution is 0.903. The van der Waals surface area contributed by atoms with Crippen LogP contribution in [0.2, 0.25) is 0 Å². The first kappa shape index (κ1) is 8.65. The molecule has 68 valence electrons. The van der Waals surface area contributed by atoms with Gasteiger partial charge in [-0.25, -0.2) is 9.97 Å². The van der Waals surface area contributed by atoms with Crippen molar-refractivity contribution in [3.63, 3.8) is 0 Å². The summed E-state index contributed by atoms with van der Waals surface area (Å²) in [5.74, 6) is 0. The van der Waals surface area contributed by atoms with E-state index in [2.05, 4.69) is 25.9 Å². The predicted molar refractivity (Wildman–Crippen MR) is 53.3 cm³/mol. The zero-order valence-corrected chi connectivity index (χ0v) is 8.74. The fraction of sp³-hybridized carbons (Fsp3) is 0.250. The third-order valence-corrected chi connectivity index (χ3v) is 2.54. The predicted octanol–water partition coefficient (Wildman–Crippen LogP) is 1.26. The van der Waals surface area contributed by atoms with E-state index in [1.54, 1.807) is 6.20 Å². The summed E-state index contributed by atoms with van der Waals surface area (Å²) < 4.78 is 2.65. The Labute approximate surface area is 83.9 Å². The third kappa shape index (κ3) is 1.24. The lowest BCUT2D eigenvalue weighted by Crippen LogP contribution is -2.04. The van der Waals surface area contributed by atoms with E-state index in [0.29, 0.717) is 6.54 Å². The van der Waals surface area contributed by atoms with Crippen molar-refractivity contribution < 1.29 is 0 Å².